The quantitative estimate of drug-likeness (QED) is 0.834. The number of rotatable bonds is 2. The van der Waals surface area contributed by atoms with Gasteiger partial charge in [-0.2, -0.15) is 0 Å². The van der Waals surface area contributed by atoms with E-state index < -0.39 is 26.9 Å². The van der Waals surface area contributed by atoms with Crippen LogP contribution in [0.15, 0.2) is 42.5 Å². The van der Waals surface area contributed by atoms with Crippen LogP contribution in [0.3, 0.4) is 0 Å². The van der Waals surface area contributed by atoms with E-state index in [0.29, 0.717) is 16.3 Å². The highest BCUT2D eigenvalue weighted by Gasteiger charge is 2.45. The van der Waals surface area contributed by atoms with Crippen LogP contribution in [0.5, 0.6) is 0 Å². The molecule has 2 aromatic rings. The first-order valence-electron chi connectivity index (χ1n) is 7.15. The standard InChI is InChI=1S/C17H16ClNO3S/c1-11-7-12(2)9-15(8-11)19-16(20)10-23(21,22)17(19)13-3-5-14(18)6-4-13/h3-9,17H,10H2,1-2H3. The Kier molecular flexibility index (Phi) is 3.94. The maximum atomic E-state index is 12.5. The lowest BCUT2D eigenvalue weighted by Crippen LogP contribution is -2.29. The van der Waals surface area contributed by atoms with Gasteiger partial charge in [0.25, 0.3) is 0 Å². The second-order valence-electron chi connectivity index (χ2n) is 5.82. The topological polar surface area (TPSA) is 54.5 Å². The zero-order valence-corrected chi connectivity index (χ0v) is 14.4. The number of amides is 1. The summed E-state index contributed by atoms with van der Waals surface area (Å²) in [5, 5.41) is -0.484. The summed E-state index contributed by atoms with van der Waals surface area (Å²) in [5.41, 5.74) is 3.10. The van der Waals surface area contributed by atoms with Crippen LogP contribution in [-0.4, -0.2) is 20.1 Å². The Hall–Kier alpha value is -1.85. The molecular weight excluding hydrogens is 334 g/mol. The third-order valence-corrected chi connectivity index (χ3v) is 5.87. The average molecular weight is 350 g/mol. The van der Waals surface area contributed by atoms with E-state index in [-0.39, 0.29) is 0 Å². The van der Waals surface area contributed by atoms with E-state index in [9.17, 15) is 13.2 Å². The van der Waals surface area contributed by atoms with E-state index in [1.54, 1.807) is 24.3 Å². The molecule has 2 aromatic carbocycles. The normalized spacial score (nSPS) is 20.0. The van der Waals surface area contributed by atoms with Gasteiger partial charge >= 0.3 is 0 Å². The van der Waals surface area contributed by atoms with Gasteiger partial charge in [0, 0.05) is 10.7 Å². The van der Waals surface area contributed by atoms with Gasteiger partial charge in [-0.1, -0.05) is 29.8 Å². The summed E-state index contributed by atoms with van der Waals surface area (Å²) in [4.78, 5) is 13.8. The largest absolute Gasteiger partial charge is 0.290 e. The van der Waals surface area contributed by atoms with Crippen LogP contribution in [0.25, 0.3) is 0 Å². The lowest BCUT2D eigenvalue weighted by molar-refractivity contribution is -0.115. The van der Waals surface area contributed by atoms with E-state index in [1.807, 2.05) is 32.0 Å². The molecule has 1 heterocycles. The van der Waals surface area contributed by atoms with Gasteiger partial charge in [0.05, 0.1) is 0 Å². The maximum Gasteiger partial charge on any atom is 0.243 e. The predicted octanol–water partition coefficient (Wildman–Crippen LogP) is 3.42. The summed E-state index contributed by atoms with van der Waals surface area (Å²) in [6.45, 7) is 3.84. The fourth-order valence-corrected chi connectivity index (χ4v) is 4.86. The van der Waals surface area contributed by atoms with E-state index in [4.69, 9.17) is 11.6 Å². The minimum Gasteiger partial charge on any atom is -0.290 e. The Morgan fingerprint density at radius 2 is 1.61 bits per heavy atom. The summed E-state index contributed by atoms with van der Waals surface area (Å²) in [6.07, 6.45) is 0. The number of halogens is 1. The first-order chi connectivity index (χ1) is 10.8. The second kappa shape index (κ2) is 5.65. The minimum absolute atomic E-state index is 0.407. The molecule has 0 aromatic heterocycles. The molecule has 0 aliphatic carbocycles. The molecule has 1 aliphatic rings. The molecule has 1 unspecified atom stereocenters. The summed E-state index contributed by atoms with van der Waals surface area (Å²) >= 11 is 5.88. The van der Waals surface area contributed by atoms with Crippen LogP contribution in [0.4, 0.5) is 5.69 Å². The third-order valence-electron chi connectivity index (χ3n) is 3.81. The van der Waals surface area contributed by atoms with Crippen LogP contribution < -0.4 is 4.90 Å². The summed E-state index contributed by atoms with van der Waals surface area (Å²) < 4.78 is 25.0. The molecule has 0 spiro atoms. The lowest BCUT2D eigenvalue weighted by Gasteiger charge is -2.24. The highest BCUT2D eigenvalue weighted by Crippen LogP contribution is 2.38. The van der Waals surface area contributed by atoms with E-state index in [2.05, 4.69) is 0 Å². The molecule has 1 fully saturated rings. The Labute approximate surface area is 140 Å². The van der Waals surface area contributed by atoms with Gasteiger partial charge in [-0.15, -0.1) is 0 Å². The number of carbonyl (C=O) groups excluding carboxylic acids is 1. The van der Waals surface area contributed by atoms with Crippen molar-refractivity contribution < 1.29 is 13.2 Å². The number of hydrogen-bond donors (Lipinski definition) is 0. The van der Waals surface area contributed by atoms with E-state index >= 15 is 0 Å². The molecule has 1 atom stereocenters. The predicted molar refractivity (Wildman–Crippen MR) is 91.4 cm³/mol. The summed E-state index contributed by atoms with van der Waals surface area (Å²) in [5.74, 6) is -0.886. The molecule has 0 radical (unpaired) electrons. The molecule has 0 N–H and O–H groups in total. The SMILES string of the molecule is Cc1cc(C)cc(N2C(=O)CS(=O)(=O)C2c2ccc(Cl)cc2)c1. The van der Waals surface area contributed by atoms with E-state index in [0.717, 1.165) is 11.1 Å². The van der Waals surface area contributed by atoms with Gasteiger partial charge in [0.2, 0.25) is 5.91 Å². The zero-order valence-electron chi connectivity index (χ0n) is 12.8. The molecule has 120 valence electrons. The average Bonchev–Trinajstić information content (AvgIpc) is 2.68. The molecule has 23 heavy (non-hydrogen) atoms. The monoisotopic (exact) mass is 349 g/mol. The molecule has 0 bridgehead atoms. The van der Waals surface area contributed by atoms with Gasteiger partial charge in [0.15, 0.2) is 15.2 Å². The van der Waals surface area contributed by atoms with Gasteiger partial charge in [-0.25, -0.2) is 8.42 Å². The van der Waals surface area contributed by atoms with Crippen molar-refractivity contribution in [1.29, 1.82) is 0 Å². The summed E-state index contributed by atoms with van der Waals surface area (Å²) in [7, 11) is -3.59. The second-order valence-corrected chi connectivity index (χ2v) is 8.32. The van der Waals surface area contributed by atoms with E-state index in [1.165, 1.54) is 4.90 Å². The van der Waals surface area contributed by atoms with Gasteiger partial charge in [0.1, 0.15) is 5.75 Å². The van der Waals surface area contributed by atoms with Crippen LogP contribution in [0.2, 0.25) is 5.02 Å². The van der Waals surface area contributed by atoms with Crippen molar-refractivity contribution in [1.82, 2.24) is 0 Å². The Morgan fingerprint density at radius 3 is 2.17 bits per heavy atom. The number of benzene rings is 2. The number of sulfone groups is 1. The van der Waals surface area contributed by atoms with Gasteiger partial charge in [-0.05, 0) is 54.8 Å². The number of hydrogen-bond acceptors (Lipinski definition) is 3. The Balaban J connectivity index is 2.16. The van der Waals surface area contributed by atoms with Crippen molar-refractivity contribution in [3.8, 4) is 0 Å². The maximum absolute atomic E-state index is 12.5. The summed E-state index contributed by atoms with van der Waals surface area (Å²) in [6, 6.07) is 12.2. The number of carbonyl (C=O) groups is 1. The fraction of sp³-hybridized carbons (Fsp3) is 0.235. The fourth-order valence-electron chi connectivity index (χ4n) is 2.96. The Morgan fingerprint density at radius 1 is 1.04 bits per heavy atom. The van der Waals surface area contributed by atoms with Crippen molar-refractivity contribution >= 4 is 33.0 Å². The molecule has 1 saturated heterocycles. The lowest BCUT2D eigenvalue weighted by atomic mass is 10.1. The highest BCUT2D eigenvalue weighted by atomic mass is 35.5. The number of aryl methyl sites for hydroxylation is 2. The van der Waals surface area contributed by atoms with Crippen molar-refractivity contribution in [3.63, 3.8) is 0 Å². The zero-order chi connectivity index (χ0) is 16.8. The minimum atomic E-state index is -3.59. The van der Waals surface area contributed by atoms with Gasteiger partial charge < -0.3 is 0 Å². The van der Waals surface area contributed by atoms with Crippen LogP contribution >= 0.6 is 11.6 Å². The third kappa shape index (κ3) is 2.99. The molecule has 6 heteroatoms. The first kappa shape index (κ1) is 16.0. The van der Waals surface area contributed by atoms with Crippen LogP contribution in [0.1, 0.15) is 22.1 Å². The molecule has 0 saturated carbocycles. The Bertz CT molecular complexity index is 855. The first-order valence-corrected chi connectivity index (χ1v) is 9.25. The van der Waals surface area contributed by atoms with Crippen molar-refractivity contribution in [3.05, 3.63) is 64.2 Å². The molecule has 4 nitrogen and oxygen atoms in total. The number of anilines is 1. The van der Waals surface area contributed by atoms with Gasteiger partial charge in [-0.3, -0.25) is 9.69 Å². The molecule has 3 rings (SSSR count). The molecule has 1 amide bonds. The van der Waals surface area contributed by atoms with Crippen LogP contribution in [0, 0.1) is 13.8 Å². The highest BCUT2D eigenvalue weighted by molar-refractivity contribution is 7.93. The smallest absolute Gasteiger partial charge is 0.243 e. The number of nitrogens with zero attached hydrogens (tertiary/aromatic N) is 1. The van der Waals surface area contributed by atoms with Crippen molar-refractivity contribution in [2.75, 3.05) is 10.7 Å². The molecule has 1 aliphatic heterocycles. The van der Waals surface area contributed by atoms with Crippen molar-refractivity contribution in [2.45, 2.75) is 19.2 Å². The molecular formula is C17H16ClNO3S. The van der Waals surface area contributed by atoms with Crippen LogP contribution in [-0.2, 0) is 14.6 Å². The van der Waals surface area contributed by atoms with Crippen molar-refractivity contribution in [2.24, 2.45) is 0 Å².